The summed E-state index contributed by atoms with van der Waals surface area (Å²) in [6, 6.07) is 0. The number of carbonyl (C=O) groups is 1. The van der Waals surface area contributed by atoms with Crippen LogP contribution in [0.4, 0.5) is 0 Å². The van der Waals surface area contributed by atoms with E-state index in [1.807, 2.05) is 0 Å². The summed E-state index contributed by atoms with van der Waals surface area (Å²) in [7, 11) is 1.26. The lowest BCUT2D eigenvalue weighted by Crippen LogP contribution is -2.47. The second-order valence-corrected chi connectivity index (χ2v) is 5.90. The lowest BCUT2D eigenvalue weighted by Gasteiger charge is -2.26. The molecular weight excluding hydrogens is 268 g/mol. The van der Waals surface area contributed by atoms with Gasteiger partial charge in [0.1, 0.15) is 18.3 Å². The third-order valence-corrected chi connectivity index (χ3v) is 3.31. The van der Waals surface area contributed by atoms with Crippen molar-refractivity contribution < 1.29 is 33.6 Å². The molecule has 7 nitrogen and oxygen atoms in total. The number of aliphatic hydroxyl groups is 1. The van der Waals surface area contributed by atoms with Gasteiger partial charge in [-0.3, -0.25) is 0 Å². The zero-order valence-corrected chi connectivity index (χ0v) is 12.4. The number of carbonyl (C=O) groups excluding carboxylic acids is 1. The molecule has 2 saturated heterocycles. The average Bonchev–Trinajstić information content (AvgIpc) is 2.87. The summed E-state index contributed by atoms with van der Waals surface area (Å²) >= 11 is 0. The summed E-state index contributed by atoms with van der Waals surface area (Å²) in [6.07, 6.45) is -3.49. The molecule has 2 aliphatic heterocycles. The van der Waals surface area contributed by atoms with Gasteiger partial charge in [0, 0.05) is 0 Å². The largest absolute Gasteiger partial charge is 0.467 e. The van der Waals surface area contributed by atoms with Crippen LogP contribution in [0.15, 0.2) is 0 Å². The first-order valence-corrected chi connectivity index (χ1v) is 6.58. The topological polar surface area (TPSA) is 83.5 Å². The Morgan fingerprint density at radius 1 is 1.20 bits per heavy atom. The molecule has 20 heavy (non-hydrogen) atoms. The first-order valence-electron chi connectivity index (χ1n) is 6.58. The number of hydrogen-bond donors (Lipinski definition) is 1. The SMILES string of the molecule is COC(=O)[C@@H]1OC(C)(C)O[C@H]1[C@@H](O)[C@H]1COC(C)(C)O1. The molecule has 0 spiro atoms. The summed E-state index contributed by atoms with van der Waals surface area (Å²) in [4.78, 5) is 11.7. The Morgan fingerprint density at radius 2 is 1.85 bits per heavy atom. The van der Waals surface area contributed by atoms with Crippen LogP contribution in [0.1, 0.15) is 27.7 Å². The van der Waals surface area contributed by atoms with Crippen LogP contribution in [0, 0.1) is 0 Å². The highest BCUT2D eigenvalue weighted by molar-refractivity contribution is 5.75. The lowest BCUT2D eigenvalue weighted by atomic mass is 10.0. The Morgan fingerprint density at radius 3 is 2.35 bits per heavy atom. The molecule has 1 N–H and O–H groups in total. The number of ether oxygens (including phenoxy) is 5. The van der Waals surface area contributed by atoms with Crippen LogP contribution < -0.4 is 0 Å². The van der Waals surface area contributed by atoms with Gasteiger partial charge < -0.3 is 28.8 Å². The summed E-state index contributed by atoms with van der Waals surface area (Å²) < 4.78 is 26.8. The minimum atomic E-state index is -1.05. The molecule has 2 heterocycles. The molecular formula is C13H22O7. The molecule has 0 aliphatic carbocycles. The van der Waals surface area contributed by atoms with Gasteiger partial charge in [0.05, 0.1) is 13.7 Å². The molecule has 2 fully saturated rings. The van der Waals surface area contributed by atoms with E-state index in [0.717, 1.165) is 0 Å². The number of hydrogen-bond acceptors (Lipinski definition) is 7. The molecule has 0 saturated carbocycles. The van der Waals surface area contributed by atoms with Crippen molar-refractivity contribution in [2.24, 2.45) is 0 Å². The first kappa shape index (κ1) is 15.7. The van der Waals surface area contributed by atoms with Crippen LogP contribution in [0.2, 0.25) is 0 Å². The maximum Gasteiger partial charge on any atom is 0.337 e. The molecule has 0 aromatic rings. The molecule has 0 bridgehead atoms. The lowest BCUT2D eigenvalue weighted by molar-refractivity contribution is -0.179. The van der Waals surface area contributed by atoms with E-state index in [4.69, 9.17) is 18.9 Å². The van der Waals surface area contributed by atoms with Gasteiger partial charge in [-0.1, -0.05) is 0 Å². The smallest absolute Gasteiger partial charge is 0.337 e. The van der Waals surface area contributed by atoms with Crippen molar-refractivity contribution in [3.8, 4) is 0 Å². The van der Waals surface area contributed by atoms with Gasteiger partial charge in [-0.15, -0.1) is 0 Å². The third kappa shape index (κ3) is 3.12. The van der Waals surface area contributed by atoms with Crippen molar-refractivity contribution in [2.75, 3.05) is 13.7 Å². The average molecular weight is 290 g/mol. The zero-order chi connectivity index (χ0) is 15.1. The fourth-order valence-electron chi connectivity index (χ4n) is 2.43. The Balaban J connectivity index is 2.11. The molecule has 2 rings (SSSR count). The summed E-state index contributed by atoms with van der Waals surface area (Å²) in [6.45, 7) is 7.08. The molecule has 116 valence electrons. The van der Waals surface area contributed by atoms with E-state index in [9.17, 15) is 9.90 Å². The molecule has 0 radical (unpaired) electrons. The number of esters is 1. The first-order chi connectivity index (χ1) is 9.15. The summed E-state index contributed by atoms with van der Waals surface area (Å²) in [5.41, 5.74) is 0. The fraction of sp³-hybridized carbons (Fsp3) is 0.923. The van der Waals surface area contributed by atoms with Gasteiger partial charge in [-0.05, 0) is 27.7 Å². The van der Waals surface area contributed by atoms with Crippen LogP contribution in [0.5, 0.6) is 0 Å². The monoisotopic (exact) mass is 290 g/mol. The van der Waals surface area contributed by atoms with Crippen molar-refractivity contribution >= 4 is 5.97 Å². The van der Waals surface area contributed by atoms with Crippen LogP contribution in [0.25, 0.3) is 0 Å². The zero-order valence-electron chi connectivity index (χ0n) is 12.4. The van der Waals surface area contributed by atoms with E-state index in [1.165, 1.54) is 7.11 Å². The minimum Gasteiger partial charge on any atom is -0.467 e. The van der Waals surface area contributed by atoms with E-state index >= 15 is 0 Å². The van der Waals surface area contributed by atoms with Gasteiger partial charge in [-0.25, -0.2) is 4.79 Å². The van der Waals surface area contributed by atoms with E-state index in [2.05, 4.69) is 4.74 Å². The fourth-order valence-corrected chi connectivity index (χ4v) is 2.43. The molecule has 0 aromatic heterocycles. The van der Waals surface area contributed by atoms with Crippen molar-refractivity contribution in [2.45, 2.75) is 63.7 Å². The molecule has 7 heteroatoms. The van der Waals surface area contributed by atoms with Gasteiger partial charge in [0.25, 0.3) is 0 Å². The third-order valence-electron chi connectivity index (χ3n) is 3.31. The quantitative estimate of drug-likeness (QED) is 0.743. The Labute approximate surface area is 118 Å². The normalized spacial score (nSPS) is 36.8. The van der Waals surface area contributed by atoms with E-state index in [0.29, 0.717) is 0 Å². The summed E-state index contributed by atoms with van der Waals surface area (Å²) in [5, 5.41) is 10.4. The maximum atomic E-state index is 11.7. The molecule has 0 unspecified atom stereocenters. The van der Waals surface area contributed by atoms with E-state index in [1.54, 1.807) is 27.7 Å². The highest BCUT2D eigenvalue weighted by atomic mass is 16.8. The minimum absolute atomic E-state index is 0.225. The van der Waals surface area contributed by atoms with Gasteiger partial charge in [0.2, 0.25) is 0 Å². The van der Waals surface area contributed by atoms with Crippen molar-refractivity contribution in [3.05, 3.63) is 0 Å². The Kier molecular flexibility index (Phi) is 4.10. The summed E-state index contributed by atoms with van der Waals surface area (Å²) in [5.74, 6) is -2.32. The highest BCUT2D eigenvalue weighted by Crippen LogP contribution is 2.34. The van der Waals surface area contributed by atoms with Crippen LogP contribution in [-0.4, -0.2) is 60.8 Å². The standard InChI is InChI=1S/C13H22O7/c1-12(2)17-6-7(18-12)8(14)9-10(11(15)16-5)20-13(3,4)19-9/h7-10,14H,6H2,1-5H3/t7-,8+,9+,10-/m1/s1. The van der Waals surface area contributed by atoms with E-state index < -0.39 is 42.0 Å². The predicted molar refractivity (Wildman–Crippen MR) is 66.8 cm³/mol. The highest BCUT2D eigenvalue weighted by Gasteiger charge is 2.52. The maximum absolute atomic E-state index is 11.7. The van der Waals surface area contributed by atoms with Crippen LogP contribution >= 0.6 is 0 Å². The molecule has 2 aliphatic rings. The molecule has 0 amide bonds. The van der Waals surface area contributed by atoms with E-state index in [-0.39, 0.29) is 6.61 Å². The Hall–Kier alpha value is -0.730. The van der Waals surface area contributed by atoms with Gasteiger partial charge in [0.15, 0.2) is 17.7 Å². The second-order valence-electron chi connectivity index (χ2n) is 5.90. The van der Waals surface area contributed by atoms with Crippen molar-refractivity contribution in [3.63, 3.8) is 0 Å². The number of aliphatic hydroxyl groups excluding tert-OH is 1. The van der Waals surface area contributed by atoms with Crippen LogP contribution in [0.3, 0.4) is 0 Å². The van der Waals surface area contributed by atoms with Gasteiger partial charge in [-0.2, -0.15) is 0 Å². The molecule has 4 atom stereocenters. The predicted octanol–water partition coefficient (Wildman–Crippen LogP) is 0.192. The van der Waals surface area contributed by atoms with Crippen molar-refractivity contribution in [1.82, 2.24) is 0 Å². The molecule has 0 aromatic carbocycles. The number of rotatable bonds is 3. The second kappa shape index (κ2) is 5.23. The number of methoxy groups -OCH3 is 1. The Bertz CT molecular complexity index is 379. The van der Waals surface area contributed by atoms with Gasteiger partial charge >= 0.3 is 5.97 Å². The van der Waals surface area contributed by atoms with Crippen LogP contribution in [-0.2, 0) is 28.5 Å². The van der Waals surface area contributed by atoms with Crippen molar-refractivity contribution in [1.29, 1.82) is 0 Å².